The van der Waals surface area contributed by atoms with Crippen LogP contribution in [0.2, 0.25) is 5.02 Å². The van der Waals surface area contributed by atoms with Crippen LogP contribution in [0.25, 0.3) is 0 Å². The fourth-order valence-corrected chi connectivity index (χ4v) is 5.77. The van der Waals surface area contributed by atoms with Gasteiger partial charge in [-0.15, -0.1) is 0 Å². The van der Waals surface area contributed by atoms with Gasteiger partial charge in [-0.3, -0.25) is 0 Å². The minimum absolute atomic E-state index is 0.0417. The van der Waals surface area contributed by atoms with Crippen LogP contribution >= 0.6 is 11.6 Å². The Morgan fingerprint density at radius 1 is 1.22 bits per heavy atom. The Hall–Kier alpha value is -2.07. The number of carbonyl (C=O) groups excluding carboxylic acids is 2. The van der Waals surface area contributed by atoms with E-state index in [2.05, 4.69) is 20.7 Å². The number of likely N-dealkylation sites (N-methyl/N-ethyl adjacent to an activating group) is 1. The lowest BCUT2D eigenvalue weighted by molar-refractivity contribution is -0.00874. The Bertz CT molecular complexity index is 860. The van der Waals surface area contributed by atoms with E-state index in [1.807, 2.05) is 36.2 Å². The molecule has 10 heteroatoms. The number of nitrogens with zero attached hydrogens (tertiary/aromatic N) is 1. The molecule has 0 aromatic heterocycles. The van der Waals surface area contributed by atoms with Crippen LogP contribution in [0.4, 0.5) is 9.59 Å². The molecule has 1 saturated carbocycles. The molecule has 1 aromatic rings. The van der Waals surface area contributed by atoms with Crippen molar-refractivity contribution < 1.29 is 24.2 Å². The van der Waals surface area contributed by atoms with Gasteiger partial charge in [-0.2, -0.15) is 0 Å². The van der Waals surface area contributed by atoms with E-state index in [1.54, 1.807) is 0 Å². The van der Waals surface area contributed by atoms with Gasteiger partial charge in [0.15, 0.2) is 0 Å². The first-order chi connectivity index (χ1) is 17.9. The minimum Gasteiger partial charge on any atom is -0.453 e. The van der Waals surface area contributed by atoms with E-state index in [0.29, 0.717) is 37.8 Å². The number of halogens is 1. The number of benzene rings is 1. The largest absolute Gasteiger partial charge is 0.453 e. The van der Waals surface area contributed by atoms with Gasteiger partial charge in [0.05, 0.1) is 25.9 Å². The number of likely N-dealkylation sites (tertiary alicyclic amines) is 1. The van der Waals surface area contributed by atoms with Gasteiger partial charge in [-0.25, -0.2) is 9.59 Å². The highest BCUT2D eigenvalue weighted by atomic mass is 35.5. The predicted molar refractivity (Wildman–Crippen MR) is 144 cm³/mol. The SMILES string of the molecule is CNC[C@H](CC1CCCCC1O)NC(=O)N1CCC[C@@H]([C@@H](OCCNC(=O)OC)c2cccc(Cl)c2)C1. The van der Waals surface area contributed by atoms with Crippen LogP contribution in [-0.2, 0) is 9.47 Å². The lowest BCUT2D eigenvalue weighted by atomic mass is 9.82. The van der Waals surface area contributed by atoms with Crippen molar-refractivity contribution in [1.29, 1.82) is 0 Å². The topological polar surface area (TPSA) is 112 Å². The number of rotatable bonds is 11. The molecule has 1 aliphatic heterocycles. The van der Waals surface area contributed by atoms with Crippen molar-refractivity contribution in [3.8, 4) is 0 Å². The van der Waals surface area contributed by atoms with Crippen LogP contribution in [0.5, 0.6) is 0 Å². The second-order valence-electron chi connectivity index (χ2n) is 10.2. The van der Waals surface area contributed by atoms with Gasteiger partial charge in [0, 0.05) is 43.2 Å². The van der Waals surface area contributed by atoms with E-state index in [0.717, 1.165) is 50.5 Å². The number of urea groups is 1. The summed E-state index contributed by atoms with van der Waals surface area (Å²) >= 11 is 6.28. The third-order valence-corrected chi connectivity index (χ3v) is 7.67. The number of methoxy groups -OCH3 is 1. The van der Waals surface area contributed by atoms with Crippen molar-refractivity contribution in [3.63, 3.8) is 0 Å². The molecule has 37 heavy (non-hydrogen) atoms. The normalized spacial score (nSPS) is 23.7. The van der Waals surface area contributed by atoms with Gasteiger partial charge in [0.1, 0.15) is 0 Å². The summed E-state index contributed by atoms with van der Waals surface area (Å²) in [4.78, 5) is 26.6. The molecule has 208 valence electrons. The molecule has 2 unspecified atom stereocenters. The van der Waals surface area contributed by atoms with Crippen LogP contribution < -0.4 is 16.0 Å². The predicted octanol–water partition coefficient (Wildman–Crippen LogP) is 3.70. The third-order valence-electron chi connectivity index (χ3n) is 7.44. The molecular weight excluding hydrogens is 496 g/mol. The summed E-state index contributed by atoms with van der Waals surface area (Å²) in [6, 6.07) is 7.49. The molecule has 1 heterocycles. The molecular formula is C27H43ClN4O5. The molecule has 0 spiro atoms. The molecule has 2 aliphatic rings. The molecule has 1 aromatic carbocycles. The molecule has 5 atom stereocenters. The Kier molecular flexibility index (Phi) is 12.2. The highest BCUT2D eigenvalue weighted by Gasteiger charge is 2.33. The summed E-state index contributed by atoms with van der Waals surface area (Å²) in [5, 5.41) is 20.1. The maximum Gasteiger partial charge on any atom is 0.406 e. The first kappa shape index (κ1) is 29.5. The van der Waals surface area contributed by atoms with E-state index in [-0.39, 0.29) is 36.1 Å². The number of aliphatic hydroxyl groups is 1. The van der Waals surface area contributed by atoms with Crippen LogP contribution in [-0.4, -0.2) is 81.2 Å². The zero-order valence-electron chi connectivity index (χ0n) is 22.1. The summed E-state index contributed by atoms with van der Waals surface area (Å²) < 4.78 is 10.9. The molecule has 3 rings (SSSR count). The Morgan fingerprint density at radius 2 is 2.03 bits per heavy atom. The molecule has 0 bridgehead atoms. The standard InChI is InChI=1S/C27H43ClN4O5/c1-29-17-23(16-19-7-3-4-11-24(19)33)31-26(34)32-13-6-9-21(18-32)25(20-8-5-10-22(28)15-20)37-14-12-30-27(35)36-2/h5,8,10,15,19,21,23-25,29,33H,3-4,6-7,9,11-14,16-18H2,1-2H3,(H,30,35)(H,31,34)/t19?,21-,23+,24?,25+/m1/s1. The summed E-state index contributed by atoms with van der Waals surface area (Å²) in [7, 11) is 3.21. The van der Waals surface area contributed by atoms with Crippen LogP contribution in [0.15, 0.2) is 24.3 Å². The number of hydrogen-bond acceptors (Lipinski definition) is 6. The average molecular weight is 539 g/mol. The number of aliphatic hydroxyl groups excluding tert-OH is 1. The monoisotopic (exact) mass is 538 g/mol. The fourth-order valence-electron chi connectivity index (χ4n) is 5.57. The van der Waals surface area contributed by atoms with Gasteiger partial charge in [-0.05, 0) is 62.8 Å². The Labute approximate surface area is 225 Å². The number of piperidine rings is 1. The zero-order chi connectivity index (χ0) is 26.6. The Morgan fingerprint density at radius 3 is 2.76 bits per heavy atom. The van der Waals surface area contributed by atoms with Gasteiger partial charge < -0.3 is 35.4 Å². The molecule has 2 fully saturated rings. The van der Waals surface area contributed by atoms with Gasteiger partial charge in [-0.1, -0.05) is 36.6 Å². The highest BCUT2D eigenvalue weighted by molar-refractivity contribution is 6.30. The summed E-state index contributed by atoms with van der Waals surface area (Å²) in [5.74, 6) is 0.305. The number of alkyl carbamates (subject to hydrolysis) is 1. The quantitative estimate of drug-likeness (QED) is 0.320. The number of nitrogens with one attached hydrogen (secondary N) is 3. The van der Waals surface area contributed by atoms with E-state index >= 15 is 0 Å². The summed E-state index contributed by atoms with van der Waals surface area (Å²) in [6.45, 7) is 2.54. The first-order valence-corrected chi connectivity index (χ1v) is 13.9. The van der Waals surface area contributed by atoms with Crippen molar-refractivity contribution in [1.82, 2.24) is 20.9 Å². The molecule has 0 radical (unpaired) electrons. The van der Waals surface area contributed by atoms with E-state index in [9.17, 15) is 14.7 Å². The second-order valence-corrected chi connectivity index (χ2v) is 10.6. The average Bonchev–Trinajstić information content (AvgIpc) is 2.90. The fraction of sp³-hybridized carbons (Fsp3) is 0.704. The molecule has 1 aliphatic carbocycles. The van der Waals surface area contributed by atoms with Gasteiger partial charge >= 0.3 is 12.1 Å². The smallest absolute Gasteiger partial charge is 0.406 e. The zero-order valence-corrected chi connectivity index (χ0v) is 22.8. The molecule has 4 N–H and O–H groups in total. The van der Waals surface area contributed by atoms with E-state index in [1.165, 1.54) is 7.11 Å². The Balaban J connectivity index is 1.63. The van der Waals surface area contributed by atoms with Crippen molar-refractivity contribution in [2.45, 2.75) is 63.2 Å². The van der Waals surface area contributed by atoms with Crippen molar-refractivity contribution in [2.75, 3.05) is 46.9 Å². The maximum atomic E-state index is 13.3. The lowest BCUT2D eigenvalue weighted by Gasteiger charge is -2.38. The number of ether oxygens (including phenoxy) is 2. The third kappa shape index (κ3) is 9.32. The molecule has 9 nitrogen and oxygen atoms in total. The van der Waals surface area contributed by atoms with E-state index in [4.69, 9.17) is 16.3 Å². The number of hydrogen-bond donors (Lipinski definition) is 4. The summed E-state index contributed by atoms with van der Waals surface area (Å²) in [6.07, 6.45) is 5.57. The lowest BCUT2D eigenvalue weighted by Crippen LogP contribution is -2.52. The van der Waals surface area contributed by atoms with Crippen molar-refractivity contribution in [3.05, 3.63) is 34.9 Å². The highest BCUT2D eigenvalue weighted by Crippen LogP contribution is 2.34. The second kappa shape index (κ2) is 15.4. The van der Waals surface area contributed by atoms with Crippen LogP contribution in [0, 0.1) is 11.8 Å². The van der Waals surface area contributed by atoms with Gasteiger partial charge in [0.25, 0.3) is 0 Å². The molecule has 1 saturated heterocycles. The van der Waals surface area contributed by atoms with Crippen molar-refractivity contribution >= 4 is 23.7 Å². The van der Waals surface area contributed by atoms with Crippen molar-refractivity contribution in [2.24, 2.45) is 11.8 Å². The van der Waals surface area contributed by atoms with Gasteiger partial charge in [0.2, 0.25) is 0 Å². The van der Waals surface area contributed by atoms with E-state index < -0.39 is 6.09 Å². The van der Waals surface area contributed by atoms with Crippen LogP contribution in [0.3, 0.4) is 0 Å². The molecule has 3 amide bonds. The maximum absolute atomic E-state index is 13.3. The minimum atomic E-state index is -0.500. The number of amides is 3. The summed E-state index contributed by atoms with van der Waals surface area (Å²) in [5.41, 5.74) is 0.956. The van der Waals surface area contributed by atoms with Crippen LogP contribution in [0.1, 0.15) is 56.6 Å². The first-order valence-electron chi connectivity index (χ1n) is 13.5. The number of carbonyl (C=O) groups is 2.